The van der Waals surface area contributed by atoms with Crippen molar-refractivity contribution in [1.82, 2.24) is 4.90 Å². The first-order valence-corrected chi connectivity index (χ1v) is 7.30. The molecule has 2 saturated heterocycles. The summed E-state index contributed by atoms with van der Waals surface area (Å²) in [6.07, 6.45) is 0.852. The number of nitrogens with zero attached hydrogens (tertiary/aromatic N) is 1. The van der Waals surface area contributed by atoms with Crippen LogP contribution in [0.25, 0.3) is 0 Å². The summed E-state index contributed by atoms with van der Waals surface area (Å²) in [4.78, 5) is 25.1. The van der Waals surface area contributed by atoms with E-state index in [-0.39, 0.29) is 5.92 Å². The van der Waals surface area contributed by atoms with Gasteiger partial charge < -0.3 is 15.1 Å². The highest BCUT2D eigenvalue weighted by molar-refractivity contribution is 5.91. The van der Waals surface area contributed by atoms with Gasteiger partial charge in [0.05, 0.1) is 0 Å². The van der Waals surface area contributed by atoms with Gasteiger partial charge in [0.25, 0.3) is 5.91 Å². The molecule has 0 spiro atoms. The number of amides is 1. The van der Waals surface area contributed by atoms with Gasteiger partial charge >= 0.3 is 5.97 Å². The maximum atomic E-state index is 12.3. The van der Waals surface area contributed by atoms with Gasteiger partial charge in [0.15, 0.2) is 0 Å². The lowest BCUT2D eigenvalue weighted by Crippen LogP contribution is -2.56. The van der Waals surface area contributed by atoms with Gasteiger partial charge in [0.1, 0.15) is 11.6 Å². The highest BCUT2D eigenvalue weighted by Crippen LogP contribution is 2.50. The maximum absolute atomic E-state index is 12.3. The van der Waals surface area contributed by atoms with E-state index in [1.807, 2.05) is 30.3 Å². The number of aliphatic hydroxyl groups is 1. The number of benzene rings is 1. The van der Waals surface area contributed by atoms with Crippen molar-refractivity contribution in [3.8, 4) is 0 Å². The molecule has 5 nitrogen and oxygen atoms in total. The molecule has 1 amide bonds. The predicted molar refractivity (Wildman–Crippen MR) is 75.6 cm³/mol. The fraction of sp³-hybridized carbons (Fsp3) is 0.500. The van der Waals surface area contributed by atoms with Crippen molar-refractivity contribution < 1.29 is 19.8 Å². The molecule has 2 aliphatic heterocycles. The van der Waals surface area contributed by atoms with Crippen LogP contribution >= 0.6 is 0 Å². The van der Waals surface area contributed by atoms with Gasteiger partial charge in [-0.25, -0.2) is 4.79 Å². The Morgan fingerprint density at radius 2 is 1.95 bits per heavy atom. The SMILES string of the molecule is O=C(C(O)CCc1ccccc1)N1CC2CC1(C(=O)O)C2. The van der Waals surface area contributed by atoms with E-state index >= 15 is 0 Å². The summed E-state index contributed by atoms with van der Waals surface area (Å²) >= 11 is 0. The van der Waals surface area contributed by atoms with Crippen LogP contribution in [0.4, 0.5) is 0 Å². The van der Waals surface area contributed by atoms with Gasteiger partial charge in [-0.15, -0.1) is 0 Å². The Hall–Kier alpha value is -1.88. The summed E-state index contributed by atoms with van der Waals surface area (Å²) in [7, 11) is 0. The van der Waals surface area contributed by atoms with E-state index in [4.69, 9.17) is 0 Å². The van der Waals surface area contributed by atoms with Crippen LogP contribution in [0.1, 0.15) is 24.8 Å². The van der Waals surface area contributed by atoms with Crippen molar-refractivity contribution in [2.75, 3.05) is 6.54 Å². The van der Waals surface area contributed by atoms with Crippen molar-refractivity contribution in [3.05, 3.63) is 35.9 Å². The second kappa shape index (κ2) is 5.15. The molecule has 3 aliphatic rings. The van der Waals surface area contributed by atoms with Crippen LogP contribution in [0.5, 0.6) is 0 Å². The van der Waals surface area contributed by atoms with Crippen LogP contribution in [-0.4, -0.2) is 45.2 Å². The van der Waals surface area contributed by atoms with E-state index in [9.17, 15) is 19.8 Å². The lowest BCUT2D eigenvalue weighted by Gasteiger charge is -2.38. The monoisotopic (exact) mass is 289 g/mol. The number of carbonyl (C=O) groups is 2. The quantitative estimate of drug-likeness (QED) is 0.849. The molecule has 3 fully saturated rings. The lowest BCUT2D eigenvalue weighted by atomic mass is 9.73. The molecule has 1 aromatic rings. The molecular formula is C16H19NO4. The Morgan fingerprint density at radius 1 is 1.29 bits per heavy atom. The third-order valence-electron chi connectivity index (χ3n) is 4.71. The van der Waals surface area contributed by atoms with Crippen LogP contribution in [0.15, 0.2) is 30.3 Å². The topological polar surface area (TPSA) is 77.8 Å². The Balaban J connectivity index is 1.61. The number of hydrogen-bond acceptors (Lipinski definition) is 3. The van der Waals surface area contributed by atoms with Crippen LogP contribution < -0.4 is 0 Å². The van der Waals surface area contributed by atoms with E-state index in [0.717, 1.165) is 5.56 Å². The van der Waals surface area contributed by atoms with E-state index < -0.39 is 23.5 Å². The summed E-state index contributed by atoms with van der Waals surface area (Å²) in [5.74, 6) is -1.10. The maximum Gasteiger partial charge on any atom is 0.329 e. The average molecular weight is 289 g/mol. The second-order valence-corrected chi connectivity index (χ2v) is 6.10. The Morgan fingerprint density at radius 3 is 2.57 bits per heavy atom. The van der Waals surface area contributed by atoms with Crippen molar-refractivity contribution in [2.24, 2.45) is 5.92 Å². The van der Waals surface area contributed by atoms with Crippen LogP contribution in [0.3, 0.4) is 0 Å². The standard InChI is InChI=1S/C16H19NO4/c18-13(7-6-11-4-2-1-3-5-11)14(19)17-10-12-8-16(17,9-12)15(20)21/h1-5,12-13,18H,6-10H2,(H,20,21). The zero-order chi connectivity index (χ0) is 15.0. The van der Waals surface area contributed by atoms with Gasteiger partial charge in [-0.2, -0.15) is 0 Å². The average Bonchev–Trinajstić information content (AvgIpc) is 3.01. The largest absolute Gasteiger partial charge is 0.479 e. The Labute approximate surface area is 123 Å². The summed E-state index contributed by atoms with van der Waals surface area (Å²) in [5, 5.41) is 19.4. The third-order valence-corrected chi connectivity index (χ3v) is 4.71. The van der Waals surface area contributed by atoms with Gasteiger partial charge in [-0.05, 0) is 37.2 Å². The number of aliphatic carboxylic acids is 1. The number of hydrogen-bond donors (Lipinski definition) is 2. The molecule has 2 heterocycles. The molecule has 0 radical (unpaired) electrons. The summed E-state index contributed by atoms with van der Waals surface area (Å²) in [6.45, 7) is 0.466. The van der Waals surface area contributed by atoms with Gasteiger partial charge in [-0.1, -0.05) is 30.3 Å². The van der Waals surface area contributed by atoms with Crippen LogP contribution in [0.2, 0.25) is 0 Å². The Bertz CT molecular complexity index is 551. The van der Waals surface area contributed by atoms with Gasteiger partial charge in [0, 0.05) is 6.54 Å². The first kappa shape index (κ1) is 14.1. The van der Waals surface area contributed by atoms with E-state index in [2.05, 4.69) is 0 Å². The first-order chi connectivity index (χ1) is 10.0. The van der Waals surface area contributed by atoms with Crippen LogP contribution in [-0.2, 0) is 16.0 Å². The number of rotatable bonds is 5. The molecule has 1 atom stereocenters. The molecule has 1 unspecified atom stereocenters. The first-order valence-electron chi connectivity index (χ1n) is 7.30. The molecule has 4 rings (SSSR count). The third kappa shape index (κ3) is 2.31. The summed E-state index contributed by atoms with van der Waals surface area (Å²) in [5.41, 5.74) is 0.0122. The zero-order valence-electron chi connectivity index (χ0n) is 11.7. The lowest BCUT2D eigenvalue weighted by molar-refractivity contribution is -0.161. The number of carboxylic acids is 1. The minimum Gasteiger partial charge on any atom is -0.479 e. The van der Waals surface area contributed by atoms with Crippen molar-refractivity contribution >= 4 is 11.9 Å². The molecule has 0 aromatic heterocycles. The smallest absolute Gasteiger partial charge is 0.329 e. The number of carbonyl (C=O) groups excluding carboxylic acids is 1. The van der Waals surface area contributed by atoms with E-state index in [1.165, 1.54) is 4.90 Å². The van der Waals surface area contributed by atoms with Crippen LogP contribution in [0, 0.1) is 5.92 Å². The fourth-order valence-electron chi connectivity index (χ4n) is 3.52. The van der Waals surface area contributed by atoms with E-state index in [1.54, 1.807) is 0 Å². The highest BCUT2D eigenvalue weighted by Gasteiger charge is 2.63. The molecule has 1 saturated carbocycles. The minimum atomic E-state index is -1.12. The molecular weight excluding hydrogens is 270 g/mol. The molecule has 1 aromatic carbocycles. The molecule has 2 bridgehead atoms. The minimum absolute atomic E-state index is 0.284. The Kier molecular flexibility index (Phi) is 3.45. The summed E-state index contributed by atoms with van der Waals surface area (Å²) in [6, 6.07) is 9.64. The highest BCUT2D eigenvalue weighted by atomic mass is 16.4. The second-order valence-electron chi connectivity index (χ2n) is 6.10. The molecule has 112 valence electrons. The molecule has 1 aliphatic carbocycles. The molecule has 2 N–H and O–H groups in total. The predicted octanol–water partition coefficient (Wildman–Crippen LogP) is 1.06. The number of fused-ring (bicyclic) bond motifs is 1. The van der Waals surface area contributed by atoms with Crippen molar-refractivity contribution in [3.63, 3.8) is 0 Å². The van der Waals surface area contributed by atoms with E-state index in [0.29, 0.717) is 32.2 Å². The summed E-state index contributed by atoms with van der Waals surface area (Å²) < 4.78 is 0. The number of aryl methyl sites for hydroxylation is 1. The molecule has 21 heavy (non-hydrogen) atoms. The fourth-order valence-corrected chi connectivity index (χ4v) is 3.52. The van der Waals surface area contributed by atoms with Gasteiger partial charge in [-0.3, -0.25) is 4.79 Å². The van der Waals surface area contributed by atoms with Gasteiger partial charge in [0.2, 0.25) is 0 Å². The van der Waals surface area contributed by atoms with Crippen molar-refractivity contribution in [1.29, 1.82) is 0 Å². The number of aliphatic hydroxyl groups excluding tert-OH is 1. The number of carboxylic acid groups (broad SMARTS) is 1. The van der Waals surface area contributed by atoms with Crippen molar-refractivity contribution in [2.45, 2.75) is 37.3 Å². The molecule has 5 heteroatoms. The normalized spacial score (nSPS) is 28.0. The zero-order valence-corrected chi connectivity index (χ0v) is 11.7.